The van der Waals surface area contributed by atoms with Crippen LogP contribution >= 0.6 is 0 Å². The van der Waals surface area contributed by atoms with Gasteiger partial charge in [0.15, 0.2) is 23.3 Å². The Labute approximate surface area is 104 Å². The Hall–Kier alpha value is -2.38. The van der Waals surface area contributed by atoms with Crippen LogP contribution in [0.25, 0.3) is 0 Å². The van der Waals surface area contributed by atoms with Gasteiger partial charge in [-0.2, -0.15) is 0 Å². The molecule has 0 saturated heterocycles. The number of halogens is 4. The summed E-state index contributed by atoms with van der Waals surface area (Å²) in [6.45, 7) is 1.46. The lowest BCUT2D eigenvalue weighted by atomic mass is 10.2. The van der Waals surface area contributed by atoms with Crippen LogP contribution in [0.15, 0.2) is 18.3 Å². The Morgan fingerprint density at radius 2 is 1.95 bits per heavy atom. The molecule has 100 valence electrons. The Balaban J connectivity index is 2.34. The first-order valence-electron chi connectivity index (χ1n) is 5.07. The van der Waals surface area contributed by atoms with Crippen molar-refractivity contribution in [1.82, 2.24) is 10.0 Å². The van der Waals surface area contributed by atoms with Crippen LogP contribution < -0.4 is 5.32 Å². The molecule has 2 rings (SSSR count). The Morgan fingerprint density at radius 1 is 1.26 bits per heavy atom. The third-order valence-corrected chi connectivity index (χ3v) is 2.42. The van der Waals surface area contributed by atoms with E-state index in [2.05, 4.69) is 5.10 Å². The van der Waals surface area contributed by atoms with Crippen LogP contribution in [0.3, 0.4) is 0 Å². The summed E-state index contributed by atoms with van der Waals surface area (Å²) >= 11 is 0. The lowest BCUT2D eigenvalue weighted by molar-refractivity contribution is 0.101. The average molecular weight is 273 g/mol. The highest BCUT2D eigenvalue weighted by atomic mass is 19.2. The zero-order chi connectivity index (χ0) is 14.2. The van der Waals surface area contributed by atoms with Gasteiger partial charge in [0.25, 0.3) is 5.91 Å². The van der Waals surface area contributed by atoms with E-state index < -0.39 is 28.9 Å². The molecule has 0 bridgehead atoms. The van der Waals surface area contributed by atoms with E-state index in [9.17, 15) is 22.4 Å². The standard InChI is InChI=1S/C11H7F4N3O/c1-5-4-16-18(15)10(5)17-11(19)6-2-3-7(12)9(14)8(6)13/h2-4H,1H3,(H,17,19). The number of hydrogen-bond acceptors (Lipinski definition) is 2. The highest BCUT2D eigenvalue weighted by Crippen LogP contribution is 2.19. The number of nitrogens with zero attached hydrogens (tertiary/aromatic N) is 2. The second-order valence-electron chi connectivity index (χ2n) is 3.71. The lowest BCUT2D eigenvalue weighted by Gasteiger charge is -2.06. The zero-order valence-corrected chi connectivity index (χ0v) is 9.55. The molecule has 1 N–H and O–H groups in total. The summed E-state index contributed by atoms with van der Waals surface area (Å²) in [5, 5.41) is 5.24. The summed E-state index contributed by atoms with van der Waals surface area (Å²) in [7, 11) is 0. The average Bonchev–Trinajstić information content (AvgIpc) is 2.68. The molecule has 0 saturated carbocycles. The van der Waals surface area contributed by atoms with Crippen LogP contribution in [0.4, 0.5) is 23.5 Å². The largest absolute Gasteiger partial charge is 0.304 e. The van der Waals surface area contributed by atoms with Gasteiger partial charge < -0.3 is 5.32 Å². The summed E-state index contributed by atoms with van der Waals surface area (Å²) in [6.07, 6.45) is 1.14. The molecule has 0 fully saturated rings. The lowest BCUT2D eigenvalue weighted by Crippen LogP contribution is -2.17. The topological polar surface area (TPSA) is 46.9 Å². The number of aromatic nitrogens is 2. The number of nitrogens with one attached hydrogen (secondary N) is 1. The summed E-state index contributed by atoms with van der Waals surface area (Å²) in [5.74, 6) is -6.24. The van der Waals surface area contributed by atoms with Crippen molar-refractivity contribution in [3.05, 3.63) is 46.9 Å². The maximum atomic E-state index is 13.4. The van der Waals surface area contributed by atoms with Crippen LogP contribution in [0.1, 0.15) is 15.9 Å². The van der Waals surface area contributed by atoms with E-state index >= 15 is 0 Å². The van der Waals surface area contributed by atoms with E-state index in [4.69, 9.17) is 0 Å². The number of carbonyl (C=O) groups excluding carboxylic acids is 1. The maximum absolute atomic E-state index is 13.4. The normalized spacial score (nSPS) is 10.6. The van der Waals surface area contributed by atoms with E-state index in [0.717, 1.165) is 12.3 Å². The molecule has 1 aromatic carbocycles. The van der Waals surface area contributed by atoms with Gasteiger partial charge in [0, 0.05) is 5.56 Å². The van der Waals surface area contributed by atoms with E-state index in [-0.39, 0.29) is 10.7 Å². The second-order valence-corrected chi connectivity index (χ2v) is 3.71. The van der Waals surface area contributed by atoms with Crippen LogP contribution in [-0.4, -0.2) is 15.9 Å². The Kier molecular flexibility index (Phi) is 3.24. The molecule has 0 aliphatic rings. The molecule has 1 aromatic heterocycles. The molecule has 0 aliphatic heterocycles. The number of aryl methyl sites for hydroxylation is 1. The number of benzene rings is 1. The molecule has 0 unspecified atom stereocenters. The van der Waals surface area contributed by atoms with Crippen molar-refractivity contribution in [2.45, 2.75) is 6.92 Å². The van der Waals surface area contributed by atoms with Gasteiger partial charge in [-0.05, 0) is 19.1 Å². The molecule has 1 heterocycles. The van der Waals surface area contributed by atoms with Crippen LogP contribution in [0, 0.1) is 24.4 Å². The predicted molar refractivity (Wildman–Crippen MR) is 57.7 cm³/mol. The Bertz CT molecular complexity index is 634. The number of carbonyl (C=O) groups is 1. The molecular weight excluding hydrogens is 266 g/mol. The van der Waals surface area contributed by atoms with Crippen molar-refractivity contribution in [1.29, 1.82) is 0 Å². The number of hydrogen-bond donors (Lipinski definition) is 1. The fourth-order valence-electron chi connectivity index (χ4n) is 1.42. The minimum absolute atomic E-state index is 0.120. The van der Waals surface area contributed by atoms with Gasteiger partial charge in [0.1, 0.15) is 0 Å². The van der Waals surface area contributed by atoms with E-state index in [1.807, 2.05) is 5.32 Å². The van der Waals surface area contributed by atoms with Crippen LogP contribution in [0.5, 0.6) is 0 Å². The number of amides is 1. The van der Waals surface area contributed by atoms with Gasteiger partial charge in [-0.15, -0.1) is 5.10 Å². The first-order valence-corrected chi connectivity index (χ1v) is 5.07. The van der Waals surface area contributed by atoms with Gasteiger partial charge in [-0.3, -0.25) is 4.79 Å². The number of anilines is 1. The summed E-state index contributed by atoms with van der Waals surface area (Å²) in [5.41, 5.74) is -0.446. The molecule has 0 spiro atoms. The highest BCUT2D eigenvalue weighted by Gasteiger charge is 2.20. The molecule has 0 aliphatic carbocycles. The minimum atomic E-state index is -1.77. The third kappa shape index (κ3) is 2.28. The molecule has 2 aromatic rings. The predicted octanol–water partition coefficient (Wildman–Crippen LogP) is 2.59. The van der Waals surface area contributed by atoms with Crippen molar-refractivity contribution >= 4 is 11.7 Å². The summed E-state index contributed by atoms with van der Waals surface area (Å²) in [6, 6.07) is 1.37. The molecular formula is C11H7F4N3O. The molecule has 8 heteroatoms. The molecule has 0 atom stereocenters. The quantitative estimate of drug-likeness (QED) is 0.675. The number of rotatable bonds is 2. The summed E-state index contributed by atoms with van der Waals surface area (Å²) < 4.78 is 52.1. The molecule has 4 nitrogen and oxygen atoms in total. The van der Waals surface area contributed by atoms with E-state index in [1.165, 1.54) is 6.92 Å². The van der Waals surface area contributed by atoms with Gasteiger partial charge in [-0.25, -0.2) is 13.2 Å². The van der Waals surface area contributed by atoms with Crippen molar-refractivity contribution in [3.63, 3.8) is 0 Å². The fraction of sp³-hybridized carbons (Fsp3) is 0.0909. The van der Waals surface area contributed by atoms with E-state index in [1.54, 1.807) is 0 Å². The van der Waals surface area contributed by atoms with Crippen molar-refractivity contribution < 1.29 is 22.4 Å². The maximum Gasteiger partial charge on any atom is 0.259 e. The fourth-order valence-corrected chi connectivity index (χ4v) is 1.42. The van der Waals surface area contributed by atoms with Crippen molar-refractivity contribution in [3.8, 4) is 0 Å². The molecule has 1 amide bonds. The SMILES string of the molecule is Cc1cnn(F)c1NC(=O)c1ccc(F)c(F)c1F. The van der Waals surface area contributed by atoms with Crippen molar-refractivity contribution in [2.75, 3.05) is 5.32 Å². The smallest absolute Gasteiger partial charge is 0.259 e. The van der Waals surface area contributed by atoms with Crippen molar-refractivity contribution in [2.24, 2.45) is 0 Å². The first kappa shape index (κ1) is 13.1. The van der Waals surface area contributed by atoms with Crippen LogP contribution in [0.2, 0.25) is 0 Å². The molecule has 0 radical (unpaired) electrons. The summed E-state index contributed by atoms with van der Waals surface area (Å²) in [4.78, 5) is 11.5. The van der Waals surface area contributed by atoms with Gasteiger partial charge >= 0.3 is 0 Å². The van der Waals surface area contributed by atoms with Gasteiger partial charge in [0.05, 0.1) is 11.8 Å². The van der Waals surface area contributed by atoms with Crippen LogP contribution in [-0.2, 0) is 0 Å². The minimum Gasteiger partial charge on any atom is -0.304 e. The second kappa shape index (κ2) is 4.71. The van der Waals surface area contributed by atoms with Gasteiger partial charge in [0.2, 0.25) is 0 Å². The highest BCUT2D eigenvalue weighted by molar-refractivity contribution is 6.04. The Morgan fingerprint density at radius 3 is 2.53 bits per heavy atom. The van der Waals surface area contributed by atoms with E-state index in [0.29, 0.717) is 11.6 Å². The monoisotopic (exact) mass is 273 g/mol. The first-order chi connectivity index (χ1) is 8.91. The zero-order valence-electron chi connectivity index (χ0n) is 9.55. The third-order valence-electron chi connectivity index (χ3n) is 2.42. The van der Waals surface area contributed by atoms with Gasteiger partial charge in [-0.1, -0.05) is 9.39 Å². The molecule has 19 heavy (non-hydrogen) atoms.